The summed E-state index contributed by atoms with van der Waals surface area (Å²) in [6.07, 6.45) is 3.63. The maximum atomic E-state index is 5.69. The van der Waals surface area contributed by atoms with Gasteiger partial charge in [-0.15, -0.1) is 0 Å². The Morgan fingerprint density at radius 3 is 3.00 bits per heavy atom. The highest BCUT2D eigenvalue weighted by Crippen LogP contribution is 2.33. The van der Waals surface area contributed by atoms with Crippen LogP contribution in [-0.2, 0) is 6.54 Å². The lowest BCUT2D eigenvalue weighted by molar-refractivity contribution is 0.170. The third kappa shape index (κ3) is 2.47. The summed E-state index contributed by atoms with van der Waals surface area (Å²) in [4.78, 5) is 4.13. The van der Waals surface area contributed by atoms with E-state index in [9.17, 15) is 0 Å². The molecule has 19 heavy (non-hydrogen) atoms. The molecule has 0 unspecified atom stereocenters. The van der Waals surface area contributed by atoms with Crippen LogP contribution in [-0.4, -0.2) is 18.2 Å². The third-order valence-corrected chi connectivity index (χ3v) is 3.16. The lowest BCUT2D eigenvalue weighted by Gasteiger charge is -2.21. The Balaban J connectivity index is 1.79. The van der Waals surface area contributed by atoms with Crippen molar-refractivity contribution in [2.75, 3.05) is 18.5 Å². The molecule has 1 N–H and O–H groups in total. The number of nitrogens with zero attached hydrogens (tertiary/aromatic N) is 1. The smallest absolute Gasteiger partial charge is 0.166 e. The zero-order chi connectivity index (χ0) is 13.1. The lowest BCUT2D eigenvalue weighted by Crippen LogP contribution is -2.17. The number of anilines is 1. The molecule has 3 rings (SSSR count). The summed E-state index contributed by atoms with van der Waals surface area (Å²) in [6, 6.07) is 7.96. The summed E-state index contributed by atoms with van der Waals surface area (Å²) in [6.45, 7) is 3.98. The monoisotopic (exact) mass is 256 g/mol. The number of aryl methyl sites for hydroxylation is 1. The molecule has 98 valence electrons. The van der Waals surface area contributed by atoms with Gasteiger partial charge in [-0.3, -0.25) is 4.98 Å². The molecule has 1 aliphatic heterocycles. The molecule has 2 aromatic rings. The van der Waals surface area contributed by atoms with Gasteiger partial charge in [0.25, 0.3) is 0 Å². The molecule has 4 nitrogen and oxygen atoms in total. The highest BCUT2D eigenvalue weighted by atomic mass is 16.6. The van der Waals surface area contributed by atoms with Gasteiger partial charge in [-0.2, -0.15) is 0 Å². The average Bonchev–Trinajstić information content (AvgIpc) is 2.46. The van der Waals surface area contributed by atoms with Crippen LogP contribution in [0.5, 0.6) is 11.5 Å². The van der Waals surface area contributed by atoms with Crippen LogP contribution in [0.1, 0.15) is 11.1 Å². The SMILES string of the molecule is Cc1ccncc1NCc1cccc2c1OCCO2. The van der Waals surface area contributed by atoms with Gasteiger partial charge >= 0.3 is 0 Å². The molecule has 0 radical (unpaired) electrons. The molecule has 4 heteroatoms. The number of pyridine rings is 1. The van der Waals surface area contributed by atoms with Crippen molar-refractivity contribution in [1.82, 2.24) is 4.98 Å². The predicted octanol–water partition coefficient (Wildman–Crippen LogP) is 2.77. The standard InChI is InChI=1S/C15H16N2O2/c1-11-5-6-16-10-13(11)17-9-12-3-2-4-14-15(12)19-8-7-18-14/h2-6,10,17H,7-9H2,1H3. The third-order valence-electron chi connectivity index (χ3n) is 3.16. The van der Waals surface area contributed by atoms with Crippen molar-refractivity contribution in [2.45, 2.75) is 13.5 Å². The fourth-order valence-electron chi connectivity index (χ4n) is 2.11. The van der Waals surface area contributed by atoms with Crippen LogP contribution in [0.4, 0.5) is 5.69 Å². The van der Waals surface area contributed by atoms with Gasteiger partial charge in [0, 0.05) is 18.3 Å². The van der Waals surface area contributed by atoms with Crippen LogP contribution in [0.2, 0.25) is 0 Å². The molecule has 0 atom stereocenters. The first-order chi connectivity index (χ1) is 9.34. The van der Waals surface area contributed by atoms with Crippen LogP contribution in [0.25, 0.3) is 0 Å². The largest absolute Gasteiger partial charge is 0.486 e. The molecule has 1 aromatic carbocycles. The normalized spacial score (nSPS) is 13.1. The lowest BCUT2D eigenvalue weighted by atomic mass is 10.1. The van der Waals surface area contributed by atoms with Crippen LogP contribution < -0.4 is 14.8 Å². The summed E-state index contributed by atoms with van der Waals surface area (Å²) in [7, 11) is 0. The maximum Gasteiger partial charge on any atom is 0.166 e. The molecule has 1 aliphatic rings. The second kappa shape index (κ2) is 5.18. The second-order valence-electron chi connectivity index (χ2n) is 4.49. The number of hydrogen-bond donors (Lipinski definition) is 1. The highest BCUT2D eigenvalue weighted by molar-refractivity contribution is 5.52. The van der Waals surface area contributed by atoms with E-state index in [2.05, 4.69) is 17.2 Å². The summed E-state index contributed by atoms with van der Waals surface area (Å²) in [5.74, 6) is 1.68. The fraction of sp³-hybridized carbons (Fsp3) is 0.267. The van der Waals surface area contributed by atoms with E-state index in [1.54, 1.807) is 6.20 Å². The first-order valence-electron chi connectivity index (χ1n) is 6.36. The van der Waals surface area contributed by atoms with Crippen LogP contribution in [0.15, 0.2) is 36.7 Å². The first kappa shape index (κ1) is 11.8. The summed E-state index contributed by atoms with van der Waals surface area (Å²) in [5.41, 5.74) is 3.31. The van der Waals surface area contributed by atoms with E-state index in [4.69, 9.17) is 9.47 Å². The Labute approximate surface area is 112 Å². The number of aromatic nitrogens is 1. The van der Waals surface area contributed by atoms with Crippen LogP contribution in [0, 0.1) is 6.92 Å². The molecule has 0 fully saturated rings. The Morgan fingerprint density at radius 1 is 1.21 bits per heavy atom. The number of rotatable bonds is 3. The zero-order valence-corrected chi connectivity index (χ0v) is 10.8. The van der Waals surface area contributed by atoms with Crippen molar-refractivity contribution in [3.05, 3.63) is 47.8 Å². The molecule has 1 aromatic heterocycles. The van der Waals surface area contributed by atoms with Crippen LogP contribution in [0.3, 0.4) is 0 Å². The van der Waals surface area contributed by atoms with E-state index in [0.717, 1.165) is 22.7 Å². The summed E-state index contributed by atoms with van der Waals surface area (Å²) in [5, 5.41) is 3.38. The number of ether oxygens (including phenoxy) is 2. The van der Waals surface area contributed by atoms with E-state index in [0.29, 0.717) is 19.8 Å². The van der Waals surface area contributed by atoms with Gasteiger partial charge in [-0.1, -0.05) is 12.1 Å². The van der Waals surface area contributed by atoms with E-state index in [1.165, 1.54) is 5.56 Å². The molecule has 2 heterocycles. The number of para-hydroxylation sites is 1. The van der Waals surface area contributed by atoms with Gasteiger partial charge in [-0.25, -0.2) is 0 Å². The minimum absolute atomic E-state index is 0.607. The van der Waals surface area contributed by atoms with Crippen molar-refractivity contribution in [3.8, 4) is 11.5 Å². The van der Waals surface area contributed by atoms with Gasteiger partial charge in [-0.05, 0) is 24.6 Å². The van der Waals surface area contributed by atoms with Gasteiger partial charge in [0.05, 0.1) is 11.9 Å². The average molecular weight is 256 g/mol. The van der Waals surface area contributed by atoms with E-state index < -0.39 is 0 Å². The van der Waals surface area contributed by atoms with Gasteiger partial charge in [0.1, 0.15) is 13.2 Å². The van der Waals surface area contributed by atoms with Gasteiger partial charge in [0.15, 0.2) is 11.5 Å². The minimum atomic E-state index is 0.607. The number of hydrogen-bond acceptors (Lipinski definition) is 4. The Hall–Kier alpha value is -2.23. The second-order valence-corrected chi connectivity index (χ2v) is 4.49. The van der Waals surface area contributed by atoms with E-state index in [1.807, 2.05) is 30.5 Å². The van der Waals surface area contributed by atoms with Crippen molar-refractivity contribution in [3.63, 3.8) is 0 Å². The van der Waals surface area contributed by atoms with Crippen molar-refractivity contribution < 1.29 is 9.47 Å². The minimum Gasteiger partial charge on any atom is -0.486 e. The van der Waals surface area contributed by atoms with E-state index >= 15 is 0 Å². The van der Waals surface area contributed by atoms with Crippen molar-refractivity contribution in [2.24, 2.45) is 0 Å². The Bertz CT molecular complexity index is 584. The predicted molar refractivity (Wildman–Crippen MR) is 73.7 cm³/mol. The van der Waals surface area contributed by atoms with E-state index in [-0.39, 0.29) is 0 Å². The van der Waals surface area contributed by atoms with Gasteiger partial charge < -0.3 is 14.8 Å². The Kier molecular flexibility index (Phi) is 3.23. The van der Waals surface area contributed by atoms with Crippen molar-refractivity contribution in [1.29, 1.82) is 0 Å². The molecule has 0 saturated heterocycles. The zero-order valence-electron chi connectivity index (χ0n) is 10.8. The number of benzene rings is 1. The first-order valence-corrected chi connectivity index (χ1v) is 6.36. The van der Waals surface area contributed by atoms with Gasteiger partial charge in [0.2, 0.25) is 0 Å². The Morgan fingerprint density at radius 2 is 2.11 bits per heavy atom. The van der Waals surface area contributed by atoms with Crippen LogP contribution >= 0.6 is 0 Å². The molecule has 0 bridgehead atoms. The number of fused-ring (bicyclic) bond motifs is 1. The number of nitrogens with one attached hydrogen (secondary N) is 1. The summed E-state index contributed by atoms with van der Waals surface area (Å²) >= 11 is 0. The molecule has 0 spiro atoms. The molecular formula is C15H16N2O2. The van der Waals surface area contributed by atoms with Crippen molar-refractivity contribution >= 4 is 5.69 Å². The maximum absolute atomic E-state index is 5.69. The quantitative estimate of drug-likeness (QED) is 0.917. The molecule has 0 aliphatic carbocycles. The molecule has 0 amide bonds. The molecular weight excluding hydrogens is 240 g/mol. The topological polar surface area (TPSA) is 43.4 Å². The fourth-order valence-corrected chi connectivity index (χ4v) is 2.11. The highest BCUT2D eigenvalue weighted by Gasteiger charge is 2.15. The summed E-state index contributed by atoms with van der Waals surface area (Å²) < 4.78 is 11.3. The molecule has 0 saturated carbocycles.